The summed E-state index contributed by atoms with van der Waals surface area (Å²) in [5.74, 6) is 0.425. The lowest BCUT2D eigenvalue weighted by Crippen LogP contribution is -2.36. The van der Waals surface area contributed by atoms with Crippen LogP contribution in [0.2, 0.25) is 0 Å². The minimum absolute atomic E-state index is 0.329. The first-order chi connectivity index (χ1) is 9.13. The normalized spacial score (nSPS) is 12.0. The summed E-state index contributed by atoms with van der Waals surface area (Å²) in [5.41, 5.74) is 0.512. The van der Waals surface area contributed by atoms with Crippen molar-refractivity contribution in [3.63, 3.8) is 0 Å². The highest BCUT2D eigenvalue weighted by atomic mass is 16.5. The Morgan fingerprint density at radius 3 is 2.79 bits per heavy atom. The van der Waals surface area contributed by atoms with Crippen molar-refractivity contribution in [2.24, 2.45) is 0 Å². The van der Waals surface area contributed by atoms with Crippen molar-refractivity contribution >= 4 is 11.8 Å². The lowest BCUT2D eigenvalue weighted by molar-refractivity contribution is 0.0600. The molecule has 106 valence electrons. The molecular weight excluding hydrogens is 244 g/mol. The molecule has 0 aliphatic carbocycles. The SMILES string of the molecule is CCC(C)N(CCOC)c1cc(C(=O)OC)ccn1. The summed E-state index contributed by atoms with van der Waals surface area (Å²) in [6, 6.07) is 3.74. The number of esters is 1. The van der Waals surface area contributed by atoms with Gasteiger partial charge in [0.15, 0.2) is 0 Å². The highest BCUT2D eigenvalue weighted by molar-refractivity contribution is 5.90. The number of carbonyl (C=O) groups excluding carboxylic acids is 1. The van der Waals surface area contributed by atoms with Gasteiger partial charge in [0.05, 0.1) is 19.3 Å². The number of aromatic nitrogens is 1. The summed E-state index contributed by atoms with van der Waals surface area (Å²) >= 11 is 0. The van der Waals surface area contributed by atoms with E-state index < -0.39 is 0 Å². The zero-order valence-corrected chi connectivity index (χ0v) is 12.0. The quantitative estimate of drug-likeness (QED) is 0.708. The van der Waals surface area contributed by atoms with Gasteiger partial charge in [0.2, 0.25) is 0 Å². The maximum Gasteiger partial charge on any atom is 0.338 e. The van der Waals surface area contributed by atoms with Gasteiger partial charge in [0.25, 0.3) is 0 Å². The third-order valence-corrected chi connectivity index (χ3v) is 3.12. The molecule has 0 aliphatic heterocycles. The molecule has 0 N–H and O–H groups in total. The van der Waals surface area contributed by atoms with Gasteiger partial charge in [-0.3, -0.25) is 0 Å². The fourth-order valence-corrected chi connectivity index (χ4v) is 1.79. The van der Waals surface area contributed by atoms with E-state index in [1.807, 2.05) is 0 Å². The first kappa shape index (κ1) is 15.4. The van der Waals surface area contributed by atoms with Gasteiger partial charge >= 0.3 is 5.97 Å². The largest absolute Gasteiger partial charge is 0.465 e. The molecule has 1 aromatic rings. The molecule has 0 aliphatic rings. The third kappa shape index (κ3) is 4.21. The molecule has 19 heavy (non-hydrogen) atoms. The summed E-state index contributed by atoms with van der Waals surface area (Å²) in [6.45, 7) is 5.61. The van der Waals surface area contributed by atoms with Crippen LogP contribution in [0.5, 0.6) is 0 Å². The number of rotatable bonds is 7. The molecule has 0 saturated carbocycles. The van der Waals surface area contributed by atoms with Crippen molar-refractivity contribution < 1.29 is 14.3 Å². The Hall–Kier alpha value is -1.62. The molecule has 0 aromatic carbocycles. The van der Waals surface area contributed by atoms with Crippen LogP contribution >= 0.6 is 0 Å². The van der Waals surface area contributed by atoms with Crippen LogP contribution in [-0.2, 0) is 9.47 Å². The number of methoxy groups -OCH3 is 2. The fraction of sp³-hybridized carbons (Fsp3) is 0.571. The van der Waals surface area contributed by atoms with E-state index in [-0.39, 0.29) is 5.97 Å². The topological polar surface area (TPSA) is 51.7 Å². The summed E-state index contributed by atoms with van der Waals surface area (Å²) in [6.07, 6.45) is 2.62. The first-order valence-corrected chi connectivity index (χ1v) is 6.44. The van der Waals surface area contributed by atoms with Gasteiger partial charge in [-0.05, 0) is 25.5 Å². The lowest BCUT2D eigenvalue weighted by Gasteiger charge is -2.29. The number of hydrogen-bond acceptors (Lipinski definition) is 5. The molecule has 5 heteroatoms. The van der Waals surface area contributed by atoms with E-state index in [1.54, 1.807) is 25.4 Å². The van der Waals surface area contributed by atoms with Crippen LogP contribution in [0.1, 0.15) is 30.6 Å². The summed E-state index contributed by atoms with van der Waals surface area (Å²) in [5, 5.41) is 0. The number of pyridine rings is 1. The van der Waals surface area contributed by atoms with Gasteiger partial charge < -0.3 is 14.4 Å². The predicted octanol–water partition coefficient (Wildman–Crippen LogP) is 2.12. The van der Waals surface area contributed by atoms with Crippen molar-refractivity contribution in [2.45, 2.75) is 26.3 Å². The van der Waals surface area contributed by atoms with Gasteiger partial charge in [-0.15, -0.1) is 0 Å². The second-order valence-electron chi connectivity index (χ2n) is 4.34. The molecule has 1 atom stereocenters. The Balaban J connectivity index is 2.97. The molecule has 0 amide bonds. The van der Waals surface area contributed by atoms with E-state index in [2.05, 4.69) is 23.7 Å². The van der Waals surface area contributed by atoms with E-state index >= 15 is 0 Å². The molecule has 0 radical (unpaired) electrons. The van der Waals surface area contributed by atoms with E-state index in [9.17, 15) is 4.79 Å². The lowest BCUT2D eigenvalue weighted by atomic mass is 10.2. The molecule has 0 fully saturated rings. The van der Waals surface area contributed by atoms with E-state index in [0.717, 1.165) is 18.8 Å². The van der Waals surface area contributed by atoms with E-state index in [4.69, 9.17) is 9.47 Å². The second kappa shape index (κ2) is 7.74. The Kier molecular flexibility index (Phi) is 6.29. The third-order valence-electron chi connectivity index (χ3n) is 3.12. The fourth-order valence-electron chi connectivity index (χ4n) is 1.79. The van der Waals surface area contributed by atoms with Crippen molar-refractivity contribution in [2.75, 3.05) is 32.3 Å². The van der Waals surface area contributed by atoms with Crippen molar-refractivity contribution in [1.29, 1.82) is 0 Å². The Morgan fingerprint density at radius 2 is 2.21 bits per heavy atom. The first-order valence-electron chi connectivity index (χ1n) is 6.44. The molecule has 0 bridgehead atoms. The zero-order valence-electron chi connectivity index (χ0n) is 12.0. The Labute approximate surface area is 114 Å². The van der Waals surface area contributed by atoms with Gasteiger partial charge in [0, 0.05) is 25.9 Å². The molecule has 1 aromatic heterocycles. The molecular formula is C14H22N2O3. The summed E-state index contributed by atoms with van der Waals surface area (Å²) in [7, 11) is 3.05. The summed E-state index contributed by atoms with van der Waals surface area (Å²) in [4.78, 5) is 18.0. The maximum absolute atomic E-state index is 11.5. The smallest absolute Gasteiger partial charge is 0.338 e. The van der Waals surface area contributed by atoms with Crippen LogP contribution in [0.4, 0.5) is 5.82 Å². The summed E-state index contributed by atoms with van der Waals surface area (Å²) < 4.78 is 9.86. The van der Waals surface area contributed by atoms with Gasteiger partial charge in [-0.1, -0.05) is 6.92 Å². The van der Waals surface area contributed by atoms with Crippen molar-refractivity contribution in [3.05, 3.63) is 23.9 Å². The average Bonchev–Trinajstić information content (AvgIpc) is 2.46. The minimum Gasteiger partial charge on any atom is -0.465 e. The maximum atomic E-state index is 11.5. The number of nitrogens with zero attached hydrogens (tertiary/aromatic N) is 2. The number of ether oxygens (including phenoxy) is 2. The van der Waals surface area contributed by atoms with E-state index in [1.165, 1.54) is 7.11 Å². The van der Waals surface area contributed by atoms with Crippen LogP contribution in [0.25, 0.3) is 0 Å². The monoisotopic (exact) mass is 266 g/mol. The second-order valence-corrected chi connectivity index (χ2v) is 4.34. The van der Waals surface area contributed by atoms with Crippen LogP contribution in [0.15, 0.2) is 18.3 Å². The van der Waals surface area contributed by atoms with E-state index in [0.29, 0.717) is 18.2 Å². The van der Waals surface area contributed by atoms with Gasteiger partial charge in [0.1, 0.15) is 5.82 Å². The van der Waals surface area contributed by atoms with Crippen LogP contribution in [0, 0.1) is 0 Å². The standard InChI is InChI=1S/C14H22N2O3/c1-5-11(2)16(8-9-18-3)13-10-12(6-7-15-13)14(17)19-4/h6-7,10-11H,5,8-9H2,1-4H3. The zero-order chi connectivity index (χ0) is 14.3. The Morgan fingerprint density at radius 1 is 1.47 bits per heavy atom. The molecule has 5 nitrogen and oxygen atoms in total. The van der Waals surface area contributed by atoms with Gasteiger partial charge in [-0.25, -0.2) is 9.78 Å². The minimum atomic E-state index is -0.348. The molecule has 1 heterocycles. The Bertz CT molecular complexity index is 409. The van der Waals surface area contributed by atoms with Crippen LogP contribution in [-0.4, -0.2) is 44.4 Å². The number of carbonyl (C=O) groups is 1. The predicted molar refractivity (Wildman–Crippen MR) is 74.6 cm³/mol. The average molecular weight is 266 g/mol. The van der Waals surface area contributed by atoms with Crippen LogP contribution in [0.3, 0.4) is 0 Å². The molecule has 0 saturated heterocycles. The molecule has 1 unspecified atom stereocenters. The molecule has 1 rings (SSSR count). The highest BCUT2D eigenvalue weighted by Crippen LogP contribution is 2.17. The van der Waals surface area contributed by atoms with Gasteiger partial charge in [-0.2, -0.15) is 0 Å². The van der Waals surface area contributed by atoms with Crippen LogP contribution < -0.4 is 4.90 Å². The van der Waals surface area contributed by atoms with Crippen molar-refractivity contribution in [3.8, 4) is 0 Å². The number of anilines is 1. The number of hydrogen-bond donors (Lipinski definition) is 0. The highest BCUT2D eigenvalue weighted by Gasteiger charge is 2.16. The molecule has 0 spiro atoms. The van der Waals surface area contributed by atoms with Crippen molar-refractivity contribution in [1.82, 2.24) is 4.98 Å².